The van der Waals surface area contributed by atoms with E-state index in [2.05, 4.69) is 28.2 Å². The lowest BCUT2D eigenvalue weighted by Crippen LogP contribution is -2.36. The van der Waals surface area contributed by atoms with Crippen molar-refractivity contribution in [3.63, 3.8) is 0 Å². The summed E-state index contributed by atoms with van der Waals surface area (Å²) in [4.78, 5) is 0. The zero-order valence-corrected chi connectivity index (χ0v) is 12.9. The van der Waals surface area contributed by atoms with Crippen LogP contribution < -0.4 is 5.32 Å². The molecule has 1 N–H and O–H groups in total. The van der Waals surface area contributed by atoms with Gasteiger partial charge in [0.1, 0.15) is 0 Å². The van der Waals surface area contributed by atoms with Crippen LogP contribution in [-0.2, 0) is 11.3 Å². The van der Waals surface area contributed by atoms with Crippen LogP contribution in [0.25, 0.3) is 0 Å². The summed E-state index contributed by atoms with van der Waals surface area (Å²) in [6.07, 6.45) is 2.32. The second-order valence-corrected chi connectivity index (χ2v) is 6.15. The minimum atomic E-state index is 0.514. The summed E-state index contributed by atoms with van der Waals surface area (Å²) in [5, 5.41) is 4.38. The van der Waals surface area contributed by atoms with Gasteiger partial charge in [0.2, 0.25) is 0 Å². The summed E-state index contributed by atoms with van der Waals surface area (Å²) in [7, 11) is 0. The molecule has 0 aliphatic carbocycles. The van der Waals surface area contributed by atoms with E-state index >= 15 is 0 Å². The Morgan fingerprint density at radius 1 is 1.44 bits per heavy atom. The van der Waals surface area contributed by atoms with E-state index in [9.17, 15) is 0 Å². The molecule has 1 unspecified atom stereocenters. The Kier molecular flexibility index (Phi) is 5.49. The lowest BCUT2D eigenvalue weighted by molar-refractivity contribution is 0.0558. The minimum absolute atomic E-state index is 0.514. The fraction of sp³-hybridized carbons (Fsp3) is 0.571. The average molecular weight is 333 g/mol. The molecule has 1 saturated heterocycles. The molecule has 18 heavy (non-hydrogen) atoms. The zero-order valence-electron chi connectivity index (χ0n) is 10.6. The highest BCUT2D eigenvalue weighted by molar-refractivity contribution is 9.10. The lowest BCUT2D eigenvalue weighted by atomic mass is 9.93. The molecule has 1 fully saturated rings. The molecule has 0 spiro atoms. The fourth-order valence-electron chi connectivity index (χ4n) is 2.33. The van der Waals surface area contributed by atoms with Crippen LogP contribution in [0.15, 0.2) is 22.7 Å². The number of nitrogens with one attached hydrogen (secondary N) is 1. The Balaban J connectivity index is 1.88. The van der Waals surface area contributed by atoms with Gasteiger partial charge in [-0.3, -0.25) is 0 Å². The Hall–Kier alpha value is -0.0900. The number of benzene rings is 1. The monoisotopic (exact) mass is 331 g/mol. The maximum atomic E-state index is 6.02. The van der Waals surface area contributed by atoms with Crippen molar-refractivity contribution in [3.8, 4) is 0 Å². The van der Waals surface area contributed by atoms with Gasteiger partial charge >= 0.3 is 0 Å². The number of rotatable bonds is 4. The maximum Gasteiger partial charge on any atom is 0.0469 e. The molecule has 0 aromatic heterocycles. The second-order valence-electron chi connectivity index (χ2n) is 4.86. The van der Waals surface area contributed by atoms with Gasteiger partial charge in [-0.2, -0.15) is 0 Å². The summed E-state index contributed by atoms with van der Waals surface area (Å²) in [5.41, 5.74) is 1.21. The van der Waals surface area contributed by atoms with E-state index in [0.29, 0.717) is 6.04 Å². The molecule has 2 rings (SSSR count). The molecule has 1 heterocycles. The quantitative estimate of drug-likeness (QED) is 0.899. The van der Waals surface area contributed by atoms with E-state index in [1.54, 1.807) is 0 Å². The smallest absolute Gasteiger partial charge is 0.0469 e. The van der Waals surface area contributed by atoms with Crippen molar-refractivity contribution in [1.82, 2.24) is 5.32 Å². The molecule has 0 saturated carbocycles. The van der Waals surface area contributed by atoms with Crippen molar-refractivity contribution >= 4 is 27.5 Å². The van der Waals surface area contributed by atoms with Crippen LogP contribution >= 0.6 is 27.5 Å². The summed E-state index contributed by atoms with van der Waals surface area (Å²) < 4.78 is 6.50. The van der Waals surface area contributed by atoms with Gasteiger partial charge < -0.3 is 10.1 Å². The number of halogens is 2. The Morgan fingerprint density at radius 2 is 2.17 bits per heavy atom. The van der Waals surface area contributed by atoms with Gasteiger partial charge in [0.15, 0.2) is 0 Å². The van der Waals surface area contributed by atoms with E-state index in [4.69, 9.17) is 16.3 Å². The van der Waals surface area contributed by atoms with Crippen molar-refractivity contribution in [3.05, 3.63) is 33.3 Å². The minimum Gasteiger partial charge on any atom is -0.381 e. The molecule has 1 aliphatic rings. The zero-order chi connectivity index (χ0) is 13.0. The van der Waals surface area contributed by atoms with Crippen molar-refractivity contribution in [2.75, 3.05) is 13.2 Å². The third-order valence-electron chi connectivity index (χ3n) is 3.60. The number of ether oxygens (including phenoxy) is 1. The van der Waals surface area contributed by atoms with E-state index in [1.165, 1.54) is 5.56 Å². The van der Waals surface area contributed by atoms with Gasteiger partial charge in [-0.15, -0.1) is 0 Å². The second kappa shape index (κ2) is 6.90. The van der Waals surface area contributed by atoms with E-state index in [1.807, 2.05) is 18.2 Å². The molecule has 100 valence electrons. The Morgan fingerprint density at radius 3 is 2.89 bits per heavy atom. The molecule has 1 aliphatic heterocycles. The van der Waals surface area contributed by atoms with E-state index < -0.39 is 0 Å². The average Bonchev–Trinajstić information content (AvgIpc) is 2.40. The van der Waals surface area contributed by atoms with Crippen LogP contribution in [0.5, 0.6) is 0 Å². The van der Waals surface area contributed by atoms with Gasteiger partial charge in [0.25, 0.3) is 0 Å². The summed E-state index contributed by atoms with van der Waals surface area (Å²) >= 11 is 9.57. The molecular weight excluding hydrogens is 314 g/mol. The first-order valence-corrected chi connectivity index (χ1v) is 7.59. The summed E-state index contributed by atoms with van der Waals surface area (Å²) in [5.74, 6) is 0.719. The normalized spacial score (nSPS) is 18.8. The van der Waals surface area contributed by atoms with Crippen molar-refractivity contribution in [1.29, 1.82) is 0 Å². The van der Waals surface area contributed by atoms with Gasteiger partial charge in [-0.05, 0) is 49.4 Å². The largest absolute Gasteiger partial charge is 0.381 e. The van der Waals surface area contributed by atoms with Crippen molar-refractivity contribution < 1.29 is 4.74 Å². The standard InChI is InChI=1S/C14H19BrClNO/c1-10(11-4-6-18-7-5-11)17-9-12-8-13(16)2-3-14(12)15/h2-3,8,10-11,17H,4-7,9H2,1H3. The van der Waals surface area contributed by atoms with Crippen LogP contribution in [0.4, 0.5) is 0 Å². The molecule has 0 radical (unpaired) electrons. The number of hydrogen-bond donors (Lipinski definition) is 1. The van der Waals surface area contributed by atoms with Crippen LogP contribution in [-0.4, -0.2) is 19.3 Å². The van der Waals surface area contributed by atoms with Gasteiger partial charge in [-0.1, -0.05) is 27.5 Å². The molecule has 1 aromatic rings. The predicted octanol–water partition coefficient (Wildman–Crippen LogP) is 4.01. The van der Waals surface area contributed by atoms with Crippen molar-refractivity contribution in [2.45, 2.75) is 32.4 Å². The molecule has 4 heteroatoms. The van der Waals surface area contributed by atoms with Crippen LogP contribution in [0.3, 0.4) is 0 Å². The van der Waals surface area contributed by atoms with Gasteiger partial charge in [0, 0.05) is 35.3 Å². The summed E-state index contributed by atoms with van der Waals surface area (Å²) in [6.45, 7) is 4.91. The maximum absolute atomic E-state index is 6.02. The lowest BCUT2D eigenvalue weighted by Gasteiger charge is -2.28. The van der Waals surface area contributed by atoms with Crippen LogP contribution in [0, 0.1) is 5.92 Å². The van der Waals surface area contributed by atoms with Crippen molar-refractivity contribution in [2.24, 2.45) is 5.92 Å². The molecule has 1 aromatic carbocycles. The van der Waals surface area contributed by atoms with E-state index in [-0.39, 0.29) is 0 Å². The molecule has 0 amide bonds. The molecule has 1 atom stereocenters. The topological polar surface area (TPSA) is 21.3 Å². The first-order valence-electron chi connectivity index (χ1n) is 6.42. The fourth-order valence-corrected chi connectivity index (χ4v) is 2.91. The first-order chi connectivity index (χ1) is 8.66. The highest BCUT2D eigenvalue weighted by atomic mass is 79.9. The van der Waals surface area contributed by atoms with Crippen LogP contribution in [0.1, 0.15) is 25.3 Å². The third-order valence-corrected chi connectivity index (χ3v) is 4.60. The molecule has 2 nitrogen and oxygen atoms in total. The third kappa shape index (κ3) is 3.95. The van der Waals surface area contributed by atoms with Gasteiger partial charge in [0.05, 0.1) is 0 Å². The van der Waals surface area contributed by atoms with E-state index in [0.717, 1.165) is 48.0 Å². The van der Waals surface area contributed by atoms with Gasteiger partial charge in [-0.25, -0.2) is 0 Å². The predicted molar refractivity (Wildman–Crippen MR) is 79.0 cm³/mol. The number of hydrogen-bond acceptors (Lipinski definition) is 2. The highest BCUT2D eigenvalue weighted by Crippen LogP contribution is 2.23. The summed E-state index contributed by atoms with van der Waals surface area (Å²) in [6, 6.07) is 6.42. The Labute approximate surface area is 122 Å². The Bertz CT molecular complexity index is 393. The molecule has 0 bridgehead atoms. The SMILES string of the molecule is CC(NCc1cc(Cl)ccc1Br)C1CCOCC1. The van der Waals surface area contributed by atoms with Crippen LogP contribution in [0.2, 0.25) is 5.02 Å². The highest BCUT2D eigenvalue weighted by Gasteiger charge is 2.20. The molecular formula is C14H19BrClNO. The first kappa shape index (κ1) is 14.3.